The van der Waals surface area contributed by atoms with Crippen LogP contribution in [0, 0.1) is 15.9 Å². The van der Waals surface area contributed by atoms with Gasteiger partial charge >= 0.3 is 0 Å². The summed E-state index contributed by atoms with van der Waals surface area (Å²) in [5.41, 5.74) is 5.26. The van der Waals surface area contributed by atoms with E-state index >= 15 is 0 Å². The second kappa shape index (κ2) is 14.2. The van der Waals surface area contributed by atoms with Gasteiger partial charge < -0.3 is 20.4 Å². The molecule has 4 aromatic heterocycles. The van der Waals surface area contributed by atoms with Gasteiger partial charge in [-0.3, -0.25) is 28.5 Å². The van der Waals surface area contributed by atoms with E-state index in [1.165, 1.54) is 40.8 Å². The summed E-state index contributed by atoms with van der Waals surface area (Å²) in [4.78, 5) is 48.9. The minimum absolute atomic E-state index is 0.00641. The van der Waals surface area contributed by atoms with Crippen molar-refractivity contribution >= 4 is 28.4 Å². The number of non-ortho nitro benzene ring substituents is 1. The highest BCUT2D eigenvalue weighted by Gasteiger charge is 2.14. The fourth-order valence-corrected chi connectivity index (χ4v) is 6.07. The Morgan fingerprint density at radius 1 is 0.620 bits per heavy atom. The summed E-state index contributed by atoms with van der Waals surface area (Å²) in [6.07, 6.45) is 3.65. The molecule has 0 spiro atoms. The fourth-order valence-electron chi connectivity index (χ4n) is 6.07. The number of anilines is 2. The van der Waals surface area contributed by atoms with Gasteiger partial charge in [-0.25, -0.2) is 14.4 Å². The first kappa shape index (κ1) is 32.6. The lowest BCUT2D eigenvalue weighted by molar-refractivity contribution is -0.384. The Hall–Kier alpha value is -5.99. The number of halogens is 1. The van der Waals surface area contributed by atoms with E-state index in [0.717, 1.165) is 69.3 Å². The number of nitro benzene ring substituents is 1. The van der Waals surface area contributed by atoms with E-state index in [1.54, 1.807) is 28.7 Å². The van der Waals surface area contributed by atoms with Crippen molar-refractivity contribution in [2.24, 2.45) is 0 Å². The summed E-state index contributed by atoms with van der Waals surface area (Å²) < 4.78 is 16.2. The SMILES string of the molecule is O=c1cc(-c2ccc(F)cc2)nc2ccc(N3CCNCC3)cn12.O=c1cc(-c2ccc([N+](=O)[O-])cc2)nc2ccc(N3CCNCC3)cn12. The number of rotatable bonds is 5. The molecule has 0 aliphatic carbocycles. The molecule has 2 aliphatic heterocycles. The molecule has 6 aromatic rings. The van der Waals surface area contributed by atoms with Gasteiger partial charge in [0.2, 0.25) is 0 Å². The summed E-state index contributed by atoms with van der Waals surface area (Å²) in [5.74, 6) is -0.308. The van der Waals surface area contributed by atoms with Crippen molar-refractivity contribution < 1.29 is 9.31 Å². The number of piperazine rings is 2. The van der Waals surface area contributed by atoms with E-state index in [2.05, 4.69) is 30.4 Å². The molecule has 14 heteroatoms. The number of hydrogen-bond acceptors (Lipinski definition) is 10. The minimum Gasteiger partial charge on any atom is -0.368 e. The summed E-state index contributed by atoms with van der Waals surface area (Å²) >= 11 is 0. The Labute approximate surface area is 285 Å². The van der Waals surface area contributed by atoms with Crippen LogP contribution in [0.2, 0.25) is 0 Å². The average Bonchev–Trinajstić information content (AvgIpc) is 3.16. The number of nitrogens with one attached hydrogen (secondary N) is 2. The van der Waals surface area contributed by atoms with Crippen LogP contribution in [0.25, 0.3) is 33.8 Å². The van der Waals surface area contributed by atoms with Crippen LogP contribution < -0.4 is 31.6 Å². The van der Waals surface area contributed by atoms with E-state index in [9.17, 15) is 24.1 Å². The minimum atomic E-state index is -0.454. The maximum Gasteiger partial charge on any atom is 0.269 e. The van der Waals surface area contributed by atoms with Crippen molar-refractivity contribution in [3.05, 3.63) is 134 Å². The molecule has 0 atom stereocenters. The standard InChI is InChI=1S/C18H17FN4O.C18H17N5O3/c19-14-3-1-13(2-4-14)16-11-18(24)23-12-15(5-6-17(23)21-16)22-9-7-20-8-10-22;24-18-11-16(13-1-3-14(4-2-13)23(25)26)20-17-6-5-15(12-22(17)18)21-9-7-19-8-10-21/h1-6,11-12,20H,7-10H2;1-6,11-12,19H,7-10H2. The van der Waals surface area contributed by atoms with Gasteiger partial charge in [0.05, 0.1) is 27.7 Å². The van der Waals surface area contributed by atoms with E-state index in [4.69, 9.17) is 0 Å². The van der Waals surface area contributed by atoms with Crippen LogP contribution in [-0.2, 0) is 0 Å². The fraction of sp³-hybridized carbons (Fsp3) is 0.222. The third kappa shape index (κ3) is 7.06. The van der Waals surface area contributed by atoms with Gasteiger partial charge in [0, 0.05) is 100 Å². The van der Waals surface area contributed by atoms with E-state index in [1.807, 2.05) is 36.7 Å². The molecule has 2 N–H and O–H groups in total. The molecule has 6 heterocycles. The lowest BCUT2D eigenvalue weighted by Gasteiger charge is -2.29. The maximum atomic E-state index is 13.1. The molecule has 8 rings (SSSR count). The molecule has 50 heavy (non-hydrogen) atoms. The van der Waals surface area contributed by atoms with Crippen LogP contribution in [-0.4, -0.2) is 76.1 Å². The number of benzene rings is 2. The molecular formula is C36H34FN9O4. The third-order valence-electron chi connectivity index (χ3n) is 8.77. The van der Waals surface area contributed by atoms with E-state index in [-0.39, 0.29) is 22.6 Å². The lowest BCUT2D eigenvalue weighted by Crippen LogP contribution is -2.43. The maximum absolute atomic E-state index is 13.1. The summed E-state index contributed by atoms with van der Waals surface area (Å²) in [6.45, 7) is 7.35. The van der Waals surface area contributed by atoms with Gasteiger partial charge in [-0.05, 0) is 60.7 Å². The summed E-state index contributed by atoms with van der Waals surface area (Å²) in [5, 5.41) is 17.4. The monoisotopic (exact) mass is 675 g/mol. The number of nitrogens with zero attached hydrogens (tertiary/aromatic N) is 7. The number of fused-ring (bicyclic) bond motifs is 2. The highest BCUT2D eigenvalue weighted by Crippen LogP contribution is 2.22. The second-order valence-electron chi connectivity index (χ2n) is 12.0. The molecule has 2 fully saturated rings. The van der Waals surface area contributed by atoms with Crippen molar-refractivity contribution in [2.75, 3.05) is 62.2 Å². The smallest absolute Gasteiger partial charge is 0.269 e. The van der Waals surface area contributed by atoms with Gasteiger partial charge in [0.1, 0.15) is 17.1 Å². The van der Waals surface area contributed by atoms with E-state index in [0.29, 0.717) is 28.2 Å². The predicted octanol–water partition coefficient (Wildman–Crippen LogP) is 3.59. The van der Waals surface area contributed by atoms with Crippen LogP contribution in [0.1, 0.15) is 0 Å². The zero-order valence-electron chi connectivity index (χ0n) is 27.0. The van der Waals surface area contributed by atoms with Crippen LogP contribution in [0.4, 0.5) is 21.5 Å². The van der Waals surface area contributed by atoms with Gasteiger partial charge in [-0.2, -0.15) is 0 Å². The van der Waals surface area contributed by atoms with Gasteiger partial charge in [-0.15, -0.1) is 0 Å². The molecule has 2 aliphatic rings. The van der Waals surface area contributed by atoms with Crippen LogP contribution in [0.5, 0.6) is 0 Å². The highest BCUT2D eigenvalue weighted by atomic mass is 19.1. The normalized spacial score (nSPS) is 14.7. The highest BCUT2D eigenvalue weighted by molar-refractivity contribution is 5.64. The molecule has 2 saturated heterocycles. The molecule has 0 amide bonds. The molecule has 254 valence electrons. The molecule has 0 unspecified atom stereocenters. The largest absolute Gasteiger partial charge is 0.368 e. The van der Waals surface area contributed by atoms with Crippen LogP contribution in [0.3, 0.4) is 0 Å². The van der Waals surface area contributed by atoms with E-state index < -0.39 is 4.92 Å². The Balaban J connectivity index is 0.000000157. The van der Waals surface area contributed by atoms with Crippen molar-refractivity contribution in [1.82, 2.24) is 29.4 Å². The molecule has 2 aromatic carbocycles. The first-order chi connectivity index (χ1) is 24.3. The Bertz CT molecular complexity index is 2280. The summed E-state index contributed by atoms with van der Waals surface area (Å²) in [6, 6.07) is 22.6. The first-order valence-corrected chi connectivity index (χ1v) is 16.3. The number of pyridine rings is 2. The van der Waals surface area contributed by atoms with Crippen molar-refractivity contribution in [3.63, 3.8) is 0 Å². The molecule has 0 saturated carbocycles. The molecular weight excluding hydrogens is 641 g/mol. The zero-order chi connectivity index (χ0) is 34.6. The molecule has 0 radical (unpaired) electrons. The number of nitro groups is 1. The Morgan fingerprint density at radius 2 is 1.04 bits per heavy atom. The van der Waals surface area contributed by atoms with Crippen molar-refractivity contribution in [1.29, 1.82) is 0 Å². The van der Waals surface area contributed by atoms with Crippen molar-refractivity contribution in [2.45, 2.75) is 0 Å². The second-order valence-corrected chi connectivity index (χ2v) is 12.0. The van der Waals surface area contributed by atoms with Gasteiger partial charge in [-0.1, -0.05) is 0 Å². The summed E-state index contributed by atoms with van der Waals surface area (Å²) in [7, 11) is 0. The average molecular weight is 676 g/mol. The first-order valence-electron chi connectivity index (χ1n) is 16.3. The number of hydrogen-bond donors (Lipinski definition) is 2. The molecule has 0 bridgehead atoms. The van der Waals surface area contributed by atoms with Gasteiger partial charge in [0.25, 0.3) is 16.8 Å². The quantitative estimate of drug-likeness (QED) is 0.206. The number of aromatic nitrogens is 4. The Kier molecular flexibility index (Phi) is 9.27. The predicted molar refractivity (Wildman–Crippen MR) is 191 cm³/mol. The third-order valence-corrected chi connectivity index (χ3v) is 8.77. The Morgan fingerprint density at radius 3 is 1.46 bits per heavy atom. The van der Waals surface area contributed by atoms with Gasteiger partial charge in [0.15, 0.2) is 0 Å². The lowest BCUT2D eigenvalue weighted by atomic mass is 10.1. The zero-order valence-corrected chi connectivity index (χ0v) is 27.0. The van der Waals surface area contributed by atoms with Crippen molar-refractivity contribution in [3.8, 4) is 22.5 Å². The van der Waals surface area contributed by atoms with Crippen LogP contribution in [0.15, 0.2) is 107 Å². The van der Waals surface area contributed by atoms with Crippen LogP contribution >= 0.6 is 0 Å². The molecule has 13 nitrogen and oxygen atoms in total. The topological polar surface area (TPSA) is 142 Å².